The first-order chi connectivity index (χ1) is 7.92. The van der Waals surface area contributed by atoms with Crippen LogP contribution in [0.15, 0.2) is 12.1 Å². The van der Waals surface area contributed by atoms with Gasteiger partial charge in [0.2, 0.25) is 11.8 Å². The molecule has 0 aliphatic heterocycles. The number of alkyl halides is 3. The van der Waals surface area contributed by atoms with Gasteiger partial charge in [-0.15, -0.1) is 0 Å². The summed E-state index contributed by atoms with van der Waals surface area (Å²) >= 11 is 0. The minimum Gasteiger partial charge on any atom is -0.476 e. The highest BCUT2D eigenvalue weighted by Gasteiger charge is 2.28. The largest absolute Gasteiger partial charge is 0.476 e. The molecule has 7 heteroatoms. The Kier molecular flexibility index (Phi) is 4.42. The fourth-order valence-electron chi connectivity index (χ4n) is 0.985. The molecule has 0 unspecified atom stereocenters. The van der Waals surface area contributed by atoms with Crippen LogP contribution in [0.2, 0.25) is 0 Å². The molecule has 1 aromatic rings. The quantitative estimate of drug-likeness (QED) is 0.871. The Morgan fingerprint density at radius 1 is 1.29 bits per heavy atom. The molecule has 0 aromatic carbocycles. The maximum atomic E-state index is 11.9. The second-order valence-electron chi connectivity index (χ2n) is 3.30. The van der Waals surface area contributed by atoms with Crippen molar-refractivity contribution < 1.29 is 22.6 Å². The van der Waals surface area contributed by atoms with Crippen molar-refractivity contribution in [1.29, 1.82) is 0 Å². The number of aromatic nitrogens is 1. The van der Waals surface area contributed by atoms with Gasteiger partial charge in [0.25, 0.3) is 0 Å². The van der Waals surface area contributed by atoms with E-state index in [1.807, 2.05) is 6.92 Å². The highest BCUT2D eigenvalue weighted by atomic mass is 19.4. The van der Waals surface area contributed by atoms with Crippen LogP contribution >= 0.6 is 0 Å². The predicted molar refractivity (Wildman–Crippen MR) is 56.0 cm³/mol. The van der Waals surface area contributed by atoms with E-state index in [9.17, 15) is 13.2 Å². The van der Waals surface area contributed by atoms with Crippen LogP contribution in [0, 0.1) is 0 Å². The Balaban J connectivity index is 2.67. The second-order valence-corrected chi connectivity index (χ2v) is 3.30. The molecule has 0 spiro atoms. The third kappa shape index (κ3) is 4.80. The molecule has 1 aromatic heterocycles. The van der Waals surface area contributed by atoms with E-state index in [2.05, 4.69) is 9.72 Å². The van der Waals surface area contributed by atoms with Gasteiger partial charge in [0.05, 0.1) is 12.3 Å². The molecule has 4 nitrogen and oxygen atoms in total. The topological polar surface area (TPSA) is 57.4 Å². The van der Waals surface area contributed by atoms with E-state index in [4.69, 9.17) is 10.5 Å². The van der Waals surface area contributed by atoms with Gasteiger partial charge in [-0.25, -0.2) is 0 Å². The Hall–Kier alpha value is -1.66. The van der Waals surface area contributed by atoms with Crippen LogP contribution in [0.5, 0.6) is 11.8 Å². The van der Waals surface area contributed by atoms with Crippen molar-refractivity contribution in [2.45, 2.75) is 19.5 Å². The molecule has 1 heterocycles. The molecule has 1 rings (SSSR count). The summed E-state index contributed by atoms with van der Waals surface area (Å²) in [6.07, 6.45) is -3.65. The van der Waals surface area contributed by atoms with Crippen LogP contribution in [0.1, 0.15) is 13.3 Å². The first-order valence-corrected chi connectivity index (χ1v) is 5.01. The molecule has 96 valence electrons. The first kappa shape index (κ1) is 13.4. The highest BCUT2D eigenvalue weighted by Crippen LogP contribution is 2.23. The van der Waals surface area contributed by atoms with Crippen LogP contribution in [-0.4, -0.2) is 24.4 Å². The molecule has 0 atom stereocenters. The number of anilines is 1. The van der Waals surface area contributed by atoms with Gasteiger partial charge in [0, 0.05) is 6.07 Å². The summed E-state index contributed by atoms with van der Waals surface area (Å²) in [7, 11) is 0. The molecule has 2 N–H and O–H groups in total. The average Bonchev–Trinajstić information content (AvgIpc) is 2.25. The average molecular weight is 250 g/mol. The number of nitrogen functional groups attached to an aromatic ring is 1. The van der Waals surface area contributed by atoms with Gasteiger partial charge >= 0.3 is 6.18 Å². The summed E-state index contributed by atoms with van der Waals surface area (Å²) in [5.74, 6) is -0.0749. The molecule has 0 aliphatic carbocycles. The molecular formula is C10H13F3N2O2. The van der Waals surface area contributed by atoms with Gasteiger partial charge in [-0.3, -0.25) is 0 Å². The lowest BCUT2D eigenvalue weighted by atomic mass is 10.4. The van der Waals surface area contributed by atoms with Crippen molar-refractivity contribution in [2.75, 3.05) is 18.9 Å². The number of ether oxygens (including phenoxy) is 2. The predicted octanol–water partition coefficient (Wildman–Crippen LogP) is 2.39. The highest BCUT2D eigenvalue weighted by molar-refractivity contribution is 5.49. The standard InChI is InChI=1S/C10H13F3N2O2/c1-2-5-16-9-7(14)3-4-8(15-9)17-6-10(11,12)13/h3-4H,2,5-6,14H2,1H3. The van der Waals surface area contributed by atoms with Gasteiger partial charge in [-0.1, -0.05) is 6.92 Å². The van der Waals surface area contributed by atoms with E-state index >= 15 is 0 Å². The number of nitrogens with two attached hydrogens (primary N) is 1. The number of hydrogen-bond acceptors (Lipinski definition) is 4. The Morgan fingerprint density at radius 3 is 2.59 bits per heavy atom. The number of nitrogens with zero attached hydrogens (tertiary/aromatic N) is 1. The van der Waals surface area contributed by atoms with Crippen molar-refractivity contribution in [1.82, 2.24) is 4.98 Å². The maximum absolute atomic E-state index is 11.9. The smallest absolute Gasteiger partial charge is 0.422 e. The monoisotopic (exact) mass is 250 g/mol. The normalized spacial score (nSPS) is 11.3. The first-order valence-electron chi connectivity index (χ1n) is 5.01. The van der Waals surface area contributed by atoms with E-state index in [1.165, 1.54) is 12.1 Å². The lowest BCUT2D eigenvalue weighted by Gasteiger charge is -2.11. The Labute approximate surface area is 96.5 Å². The summed E-state index contributed by atoms with van der Waals surface area (Å²) in [4.78, 5) is 3.74. The summed E-state index contributed by atoms with van der Waals surface area (Å²) < 4.78 is 45.4. The van der Waals surface area contributed by atoms with Crippen LogP contribution in [-0.2, 0) is 0 Å². The van der Waals surface area contributed by atoms with E-state index in [-0.39, 0.29) is 17.4 Å². The van der Waals surface area contributed by atoms with E-state index < -0.39 is 12.8 Å². The van der Waals surface area contributed by atoms with E-state index in [1.54, 1.807) is 0 Å². The Morgan fingerprint density at radius 2 is 2.00 bits per heavy atom. The van der Waals surface area contributed by atoms with Gasteiger partial charge in [-0.2, -0.15) is 18.2 Å². The summed E-state index contributed by atoms with van der Waals surface area (Å²) in [5.41, 5.74) is 5.81. The van der Waals surface area contributed by atoms with Crippen molar-refractivity contribution in [3.63, 3.8) is 0 Å². The number of rotatable bonds is 5. The number of halogens is 3. The molecule has 0 bridgehead atoms. The summed E-state index contributed by atoms with van der Waals surface area (Å²) in [6, 6.07) is 2.66. The SMILES string of the molecule is CCCOc1nc(OCC(F)(F)F)ccc1N. The molecule has 0 saturated carbocycles. The van der Waals surface area contributed by atoms with Crippen LogP contribution in [0.25, 0.3) is 0 Å². The second kappa shape index (κ2) is 5.60. The van der Waals surface area contributed by atoms with Crippen LogP contribution in [0.4, 0.5) is 18.9 Å². The van der Waals surface area contributed by atoms with Crippen molar-refractivity contribution in [3.8, 4) is 11.8 Å². The third-order valence-electron chi connectivity index (χ3n) is 1.69. The van der Waals surface area contributed by atoms with Gasteiger partial charge in [0.1, 0.15) is 0 Å². The van der Waals surface area contributed by atoms with Crippen LogP contribution < -0.4 is 15.2 Å². The van der Waals surface area contributed by atoms with E-state index in [0.717, 1.165) is 6.42 Å². The third-order valence-corrected chi connectivity index (χ3v) is 1.69. The fourth-order valence-corrected chi connectivity index (χ4v) is 0.985. The molecule has 0 aliphatic rings. The zero-order valence-corrected chi connectivity index (χ0v) is 9.25. The lowest BCUT2D eigenvalue weighted by molar-refractivity contribution is -0.154. The molecule has 17 heavy (non-hydrogen) atoms. The molecule has 0 saturated heterocycles. The minimum absolute atomic E-state index is 0.0894. The van der Waals surface area contributed by atoms with Crippen molar-refractivity contribution in [3.05, 3.63) is 12.1 Å². The summed E-state index contributed by atoms with van der Waals surface area (Å²) in [5, 5.41) is 0. The molecular weight excluding hydrogens is 237 g/mol. The van der Waals surface area contributed by atoms with Crippen molar-refractivity contribution in [2.24, 2.45) is 0 Å². The van der Waals surface area contributed by atoms with Gasteiger partial charge in [-0.05, 0) is 12.5 Å². The fraction of sp³-hybridized carbons (Fsp3) is 0.500. The number of hydrogen-bond donors (Lipinski definition) is 1. The minimum atomic E-state index is -4.40. The van der Waals surface area contributed by atoms with Gasteiger partial charge in [0.15, 0.2) is 6.61 Å². The molecule has 0 fully saturated rings. The maximum Gasteiger partial charge on any atom is 0.422 e. The lowest BCUT2D eigenvalue weighted by Crippen LogP contribution is -2.19. The van der Waals surface area contributed by atoms with E-state index in [0.29, 0.717) is 6.61 Å². The zero-order valence-electron chi connectivity index (χ0n) is 9.25. The van der Waals surface area contributed by atoms with Crippen LogP contribution in [0.3, 0.4) is 0 Å². The molecule has 0 radical (unpaired) electrons. The van der Waals surface area contributed by atoms with Gasteiger partial charge < -0.3 is 15.2 Å². The number of pyridine rings is 1. The zero-order chi connectivity index (χ0) is 12.9. The van der Waals surface area contributed by atoms with Crippen molar-refractivity contribution >= 4 is 5.69 Å². The molecule has 0 amide bonds. The summed E-state index contributed by atoms with van der Waals surface area (Å²) in [6.45, 7) is 0.886. The Bertz CT molecular complexity index is 369.